The Hall–Kier alpha value is -7.00. The fraction of sp³-hybridized carbons (Fsp3) is 0.389. The van der Waals surface area contributed by atoms with Crippen LogP contribution in [0.4, 0.5) is 13.2 Å². The van der Waals surface area contributed by atoms with Gasteiger partial charge in [0.05, 0.1) is 21.6 Å². The number of nitrogens with zero attached hydrogens (tertiary/aromatic N) is 4. The highest BCUT2D eigenvalue weighted by molar-refractivity contribution is 7.52. The van der Waals surface area contributed by atoms with E-state index in [1.807, 2.05) is 0 Å². The zero-order valence-corrected chi connectivity index (χ0v) is 45.8. The monoisotopic (exact) mass is 1180 g/mol. The van der Waals surface area contributed by atoms with Crippen LogP contribution < -0.4 is 21.7 Å². The van der Waals surface area contributed by atoms with Crippen molar-refractivity contribution in [2.45, 2.75) is 119 Å². The number of nitrogens with one attached hydrogen (secondary N) is 3. The normalized spacial score (nSPS) is 19.9. The number of aromatic nitrogens is 1. The maximum Gasteiger partial charge on any atom is 0.399 e. The summed E-state index contributed by atoms with van der Waals surface area (Å²) in [4.78, 5) is 135. The zero-order chi connectivity index (χ0) is 57.2. The van der Waals surface area contributed by atoms with Crippen LogP contribution in [0.5, 0.6) is 0 Å². The first-order chi connectivity index (χ1) is 38.1. The smallest absolute Gasteiger partial charge is 0.370 e. The van der Waals surface area contributed by atoms with Gasteiger partial charge in [0.25, 0.3) is 11.8 Å². The van der Waals surface area contributed by atoms with Gasteiger partial charge in [0, 0.05) is 83.7 Å². The van der Waals surface area contributed by atoms with E-state index >= 15 is 0 Å². The number of rotatable bonds is 17. The number of fused-ring (bicyclic) bond motifs is 3. The Kier molecular flexibility index (Phi) is 17.3. The summed E-state index contributed by atoms with van der Waals surface area (Å²) in [5, 5.41) is 10.0. The van der Waals surface area contributed by atoms with E-state index < -0.39 is 84.4 Å². The van der Waals surface area contributed by atoms with Crippen LogP contribution in [-0.4, -0.2) is 114 Å². The first-order valence-electron chi connectivity index (χ1n) is 25.7. The molecular weight excluding hydrogens is 1120 g/mol. The molecule has 0 aliphatic carbocycles. The summed E-state index contributed by atoms with van der Waals surface area (Å²) in [6, 6.07) is 8.80. The van der Waals surface area contributed by atoms with Gasteiger partial charge < -0.3 is 40.9 Å². The van der Waals surface area contributed by atoms with Crippen LogP contribution in [0, 0.1) is 17.7 Å². The van der Waals surface area contributed by atoms with Gasteiger partial charge in [0.2, 0.25) is 35.4 Å². The summed E-state index contributed by atoms with van der Waals surface area (Å²) < 4.78 is 55.4. The fourth-order valence-corrected chi connectivity index (χ4v) is 13.0. The average Bonchev–Trinajstić information content (AvgIpc) is 4.34. The standard InChI is InChI=1S/C54H53ClF3N8O11PS2/c55-36-24-30(11-14-37(36)56)40-28-79-51(62-40)38(15-19-45(59)67)60-49(71)42-16-13-33-21-22-64(27-39(53(74)66(33)42)61-50(72)44-25-31-23-32(12-18-43(31)80-44)54(57,58)78(75,76)77)47(69)10-5-3-1-2-4-7-29-8-6-9-34-35(29)26-65(52(34)73)41-17-20-46(68)63-48(41)70/h6,8-9,11-12,14,18,23-25,28,33,38-39,41-42H,1-3,5,10,13,15-17,19-22,26-27H2,(H2,59,67)(H,60,71)(H,61,72)(H,63,68,70)(H2,75,76,77)/t33-,38+,39+,41?,42+/m1/s1. The molecule has 7 N–H and O–H groups in total. The van der Waals surface area contributed by atoms with Crippen LogP contribution in [0.15, 0.2) is 66.0 Å². The molecule has 3 aromatic carbocycles. The lowest BCUT2D eigenvalue weighted by Crippen LogP contribution is -2.61. The van der Waals surface area contributed by atoms with Crippen molar-refractivity contribution >= 4 is 99.2 Å². The fourth-order valence-electron chi connectivity index (χ4n) is 10.4. The van der Waals surface area contributed by atoms with Crippen LogP contribution in [0.25, 0.3) is 21.3 Å². The summed E-state index contributed by atoms with van der Waals surface area (Å²) >= 11 is 8.08. The van der Waals surface area contributed by atoms with Gasteiger partial charge in [-0.15, -0.1) is 22.7 Å². The molecule has 5 aromatic rings. The Morgan fingerprint density at radius 1 is 0.988 bits per heavy atom. The SMILES string of the molecule is NC(=O)CC[C@H](NC(=O)[C@@H]1CC[C@@H]2CCN(C(=O)CCCCCC#Cc3cccc4c3CN(C3CCC(=O)NC3=O)C4=O)C[C@H](NC(=O)c3cc4cc(C(F)(F)P(=O)(O)O)ccc4s3)C(=O)N21)c1nc(-c2ccc(F)c(Cl)c2)cs1. The van der Waals surface area contributed by atoms with Crippen molar-refractivity contribution in [3.63, 3.8) is 0 Å². The number of nitrogens with two attached hydrogens (primary N) is 1. The van der Waals surface area contributed by atoms with Crippen LogP contribution >= 0.6 is 41.9 Å². The quantitative estimate of drug-likeness (QED) is 0.0248. The van der Waals surface area contributed by atoms with Gasteiger partial charge in [-0.25, -0.2) is 9.37 Å². The highest BCUT2D eigenvalue weighted by atomic mass is 35.5. The minimum absolute atomic E-state index is 0.0397. The summed E-state index contributed by atoms with van der Waals surface area (Å²) in [5.74, 6) is 1.50. The third-order valence-corrected chi connectivity index (χ3v) is 18.0. The third kappa shape index (κ3) is 12.5. The molecule has 2 aromatic heterocycles. The number of hydrogen-bond donors (Lipinski definition) is 6. The second-order valence-corrected chi connectivity index (χ2v) is 24.0. The molecule has 5 atom stereocenters. The zero-order valence-electron chi connectivity index (χ0n) is 42.6. The largest absolute Gasteiger partial charge is 0.399 e. The number of halogens is 4. The second-order valence-electron chi connectivity index (χ2n) is 20.0. The van der Waals surface area contributed by atoms with Crippen molar-refractivity contribution in [1.82, 2.24) is 35.6 Å². The van der Waals surface area contributed by atoms with E-state index in [4.69, 9.17) is 17.3 Å². The van der Waals surface area contributed by atoms with E-state index in [2.05, 4.69) is 32.8 Å². The van der Waals surface area contributed by atoms with Gasteiger partial charge >= 0.3 is 13.3 Å². The number of thiophene rings is 1. The number of piperidine rings is 1. The average molecular weight is 1180 g/mol. The minimum atomic E-state index is -5.92. The molecular formula is C54H53ClF3N8O11PS2. The van der Waals surface area contributed by atoms with Crippen molar-refractivity contribution in [2.24, 2.45) is 5.73 Å². The molecule has 9 rings (SSSR count). The number of primary amides is 1. The number of hydrogen-bond acceptors (Lipinski definition) is 12. The Balaban J connectivity index is 0.884. The van der Waals surface area contributed by atoms with Crippen molar-refractivity contribution in [3.8, 4) is 23.1 Å². The first kappa shape index (κ1) is 57.7. The Morgan fingerprint density at radius 3 is 2.54 bits per heavy atom. The van der Waals surface area contributed by atoms with Gasteiger partial charge in [0.1, 0.15) is 29.0 Å². The van der Waals surface area contributed by atoms with Crippen LogP contribution in [0.3, 0.4) is 0 Å². The van der Waals surface area contributed by atoms with Gasteiger partial charge in [0.15, 0.2) is 0 Å². The topological polar surface area (TPSA) is 279 Å². The van der Waals surface area contributed by atoms with Gasteiger partial charge in [-0.3, -0.25) is 48.2 Å². The first-order valence-corrected chi connectivity index (χ1v) is 29.4. The molecule has 3 fully saturated rings. The maximum atomic E-state index is 15.0. The molecule has 8 amide bonds. The highest BCUT2D eigenvalue weighted by Gasteiger charge is 2.51. The highest BCUT2D eigenvalue weighted by Crippen LogP contribution is 2.59. The van der Waals surface area contributed by atoms with Crippen molar-refractivity contribution in [2.75, 3.05) is 13.1 Å². The molecule has 4 aliphatic rings. The lowest BCUT2D eigenvalue weighted by atomic mass is 10.0. The molecule has 19 nitrogen and oxygen atoms in total. The Labute approximate surface area is 468 Å². The molecule has 0 saturated carbocycles. The Morgan fingerprint density at radius 2 is 1.79 bits per heavy atom. The molecule has 80 heavy (non-hydrogen) atoms. The van der Waals surface area contributed by atoms with Crippen LogP contribution in [0.1, 0.15) is 125 Å². The molecule has 3 saturated heterocycles. The summed E-state index contributed by atoms with van der Waals surface area (Å²) in [6.45, 7) is 0.0412. The van der Waals surface area contributed by atoms with Crippen LogP contribution in [0.2, 0.25) is 5.02 Å². The second kappa shape index (κ2) is 24.0. The van der Waals surface area contributed by atoms with Gasteiger partial charge in [-0.2, -0.15) is 8.78 Å². The maximum absolute atomic E-state index is 15.0. The van der Waals surface area contributed by atoms with E-state index in [-0.39, 0.29) is 97.6 Å². The molecule has 420 valence electrons. The summed E-state index contributed by atoms with van der Waals surface area (Å²) in [6.07, 6.45) is 3.36. The molecule has 0 radical (unpaired) electrons. The number of alkyl halides is 2. The molecule has 6 heterocycles. The van der Waals surface area contributed by atoms with Gasteiger partial charge in [-0.1, -0.05) is 42.0 Å². The van der Waals surface area contributed by atoms with Crippen molar-refractivity contribution in [1.29, 1.82) is 0 Å². The number of benzene rings is 3. The van der Waals surface area contributed by atoms with E-state index in [0.29, 0.717) is 69.8 Å². The number of carbonyl (C=O) groups is 8. The number of unbranched alkanes of at least 4 members (excludes halogenated alkanes) is 3. The minimum Gasteiger partial charge on any atom is -0.370 e. The number of thiazole rings is 1. The lowest BCUT2D eigenvalue weighted by molar-refractivity contribution is -0.145. The summed E-state index contributed by atoms with van der Waals surface area (Å²) in [5.41, 5.74) is 2.78. The van der Waals surface area contributed by atoms with Crippen molar-refractivity contribution in [3.05, 3.63) is 109 Å². The third-order valence-electron chi connectivity index (χ3n) is 14.6. The Bertz CT molecular complexity index is 3450. The predicted octanol–water partition coefficient (Wildman–Crippen LogP) is 6.62. The molecule has 26 heteroatoms. The van der Waals surface area contributed by atoms with E-state index in [0.717, 1.165) is 23.5 Å². The number of carbonyl (C=O) groups excluding carboxylic acids is 8. The lowest BCUT2D eigenvalue weighted by Gasteiger charge is -2.39. The summed E-state index contributed by atoms with van der Waals surface area (Å²) in [7, 11) is -5.92. The predicted molar refractivity (Wildman–Crippen MR) is 288 cm³/mol. The van der Waals surface area contributed by atoms with E-state index in [1.165, 1.54) is 56.4 Å². The molecule has 0 bridgehead atoms. The number of amides is 8. The van der Waals surface area contributed by atoms with Gasteiger partial charge in [-0.05, 0) is 104 Å². The van der Waals surface area contributed by atoms with Crippen LogP contribution in [-0.2, 0) is 45.5 Å². The molecule has 0 spiro atoms. The molecule has 4 aliphatic heterocycles. The van der Waals surface area contributed by atoms with E-state index in [9.17, 15) is 65.9 Å². The molecule has 1 unspecified atom stereocenters. The van der Waals surface area contributed by atoms with Crippen molar-refractivity contribution < 1.29 is 65.9 Å². The number of imide groups is 1. The van der Waals surface area contributed by atoms with E-state index in [1.54, 1.807) is 23.6 Å².